The van der Waals surface area contributed by atoms with Crippen LogP contribution in [0, 0.1) is 5.92 Å². The molecular weight excluding hydrogens is 273 g/mol. The molecule has 2 rings (SSSR count). The number of fused-ring (bicyclic) bond motifs is 1. The number of hydrogen-bond acceptors (Lipinski definition) is 2. The lowest BCUT2D eigenvalue weighted by molar-refractivity contribution is -0.137. The van der Waals surface area contributed by atoms with Gasteiger partial charge in [-0.2, -0.15) is 13.2 Å². The van der Waals surface area contributed by atoms with Crippen LogP contribution in [0.3, 0.4) is 0 Å². The summed E-state index contributed by atoms with van der Waals surface area (Å²) in [7, 11) is 0. The number of nitrogens with one attached hydrogen (secondary N) is 1. The quantitative estimate of drug-likeness (QED) is 0.921. The van der Waals surface area contributed by atoms with Crippen molar-refractivity contribution in [3.05, 3.63) is 44.6 Å². The van der Waals surface area contributed by atoms with E-state index in [0.29, 0.717) is 0 Å². The molecule has 1 N–H and O–H groups in total. The molecule has 0 aliphatic heterocycles. The van der Waals surface area contributed by atoms with Gasteiger partial charge in [0.25, 0.3) is 5.56 Å². The fourth-order valence-corrected chi connectivity index (χ4v) is 1.96. The van der Waals surface area contributed by atoms with Gasteiger partial charge in [-0.3, -0.25) is 9.36 Å². The van der Waals surface area contributed by atoms with Crippen molar-refractivity contribution >= 4 is 10.9 Å². The lowest BCUT2D eigenvalue weighted by atomic mass is 10.1. The summed E-state index contributed by atoms with van der Waals surface area (Å²) < 4.78 is 38.9. The normalized spacial score (nSPS) is 12.3. The zero-order valence-electron chi connectivity index (χ0n) is 10.9. The summed E-state index contributed by atoms with van der Waals surface area (Å²) in [6.45, 7) is 3.77. The molecule has 0 saturated carbocycles. The van der Waals surface area contributed by atoms with Crippen molar-refractivity contribution in [3.63, 3.8) is 0 Å². The van der Waals surface area contributed by atoms with E-state index in [0.717, 1.165) is 22.8 Å². The molecular formula is C13H13F3N2O2. The van der Waals surface area contributed by atoms with Crippen LogP contribution in [0.15, 0.2) is 27.8 Å². The topological polar surface area (TPSA) is 54.9 Å². The standard InChI is InChI=1S/C13H13F3N2O2/c1-7(2)6-18-11(19)9-5-8(13(14,15)16)3-4-10(9)17-12(18)20/h3-5,7H,6H2,1-2H3,(H,17,20). The van der Waals surface area contributed by atoms with Crippen molar-refractivity contribution in [3.8, 4) is 0 Å². The Bertz CT molecular complexity index is 757. The minimum absolute atomic E-state index is 0.0250. The number of H-pyrrole nitrogens is 1. The van der Waals surface area contributed by atoms with Crippen LogP contribution in [-0.2, 0) is 12.7 Å². The van der Waals surface area contributed by atoms with Crippen LogP contribution in [0.4, 0.5) is 13.2 Å². The molecule has 108 valence electrons. The lowest BCUT2D eigenvalue weighted by Gasteiger charge is -2.10. The van der Waals surface area contributed by atoms with Crippen LogP contribution in [0.1, 0.15) is 19.4 Å². The molecule has 1 aromatic carbocycles. The molecule has 0 amide bonds. The zero-order valence-corrected chi connectivity index (χ0v) is 10.9. The Balaban J connectivity index is 2.75. The largest absolute Gasteiger partial charge is 0.416 e. The van der Waals surface area contributed by atoms with Gasteiger partial charge >= 0.3 is 11.9 Å². The third-order valence-electron chi connectivity index (χ3n) is 2.86. The van der Waals surface area contributed by atoms with E-state index >= 15 is 0 Å². The van der Waals surface area contributed by atoms with Gasteiger partial charge in [0.05, 0.1) is 16.5 Å². The van der Waals surface area contributed by atoms with Crippen LogP contribution < -0.4 is 11.2 Å². The van der Waals surface area contributed by atoms with Gasteiger partial charge in [0.1, 0.15) is 0 Å². The van der Waals surface area contributed by atoms with E-state index in [-0.39, 0.29) is 23.4 Å². The van der Waals surface area contributed by atoms with Crippen LogP contribution in [0.2, 0.25) is 0 Å². The predicted molar refractivity (Wildman–Crippen MR) is 68.7 cm³/mol. The van der Waals surface area contributed by atoms with E-state index in [4.69, 9.17) is 0 Å². The third kappa shape index (κ3) is 2.61. The molecule has 0 radical (unpaired) electrons. The molecule has 0 aliphatic carbocycles. The molecule has 0 aliphatic rings. The zero-order chi connectivity index (χ0) is 15.1. The molecule has 0 spiro atoms. The summed E-state index contributed by atoms with van der Waals surface area (Å²) in [5.41, 5.74) is -2.13. The molecule has 7 heteroatoms. The molecule has 0 saturated heterocycles. The van der Waals surface area contributed by atoms with Gasteiger partial charge in [-0.1, -0.05) is 13.8 Å². The number of nitrogens with zero attached hydrogens (tertiary/aromatic N) is 1. The van der Waals surface area contributed by atoms with Gasteiger partial charge in [-0.25, -0.2) is 4.79 Å². The van der Waals surface area contributed by atoms with Gasteiger partial charge in [0.2, 0.25) is 0 Å². The predicted octanol–water partition coefficient (Wildman–Crippen LogP) is 2.36. The van der Waals surface area contributed by atoms with Gasteiger partial charge in [0.15, 0.2) is 0 Å². The molecule has 2 aromatic rings. The highest BCUT2D eigenvalue weighted by Gasteiger charge is 2.30. The Morgan fingerprint density at radius 1 is 1.25 bits per heavy atom. The molecule has 0 fully saturated rings. The van der Waals surface area contributed by atoms with Crippen LogP contribution in [-0.4, -0.2) is 9.55 Å². The van der Waals surface area contributed by atoms with E-state index in [2.05, 4.69) is 4.98 Å². The Hall–Kier alpha value is -2.05. The number of rotatable bonds is 2. The Kier molecular flexibility index (Phi) is 3.45. The minimum atomic E-state index is -4.53. The van der Waals surface area contributed by atoms with E-state index in [1.807, 2.05) is 13.8 Å². The first kappa shape index (κ1) is 14.4. The SMILES string of the molecule is CC(C)Cn1c(=O)[nH]c2ccc(C(F)(F)F)cc2c1=O. The van der Waals surface area contributed by atoms with Crippen molar-refractivity contribution in [1.29, 1.82) is 0 Å². The van der Waals surface area contributed by atoms with Crippen LogP contribution in [0.25, 0.3) is 10.9 Å². The molecule has 0 atom stereocenters. The number of aromatic amines is 1. The number of aromatic nitrogens is 2. The average molecular weight is 286 g/mol. The molecule has 1 heterocycles. The fraction of sp³-hybridized carbons (Fsp3) is 0.385. The summed E-state index contributed by atoms with van der Waals surface area (Å²) in [4.78, 5) is 26.3. The van der Waals surface area contributed by atoms with E-state index in [1.54, 1.807) is 0 Å². The molecule has 0 unspecified atom stereocenters. The van der Waals surface area contributed by atoms with Crippen molar-refractivity contribution < 1.29 is 13.2 Å². The van der Waals surface area contributed by atoms with Crippen LogP contribution >= 0.6 is 0 Å². The second kappa shape index (κ2) is 4.81. The Morgan fingerprint density at radius 3 is 2.45 bits per heavy atom. The lowest BCUT2D eigenvalue weighted by Crippen LogP contribution is -2.36. The van der Waals surface area contributed by atoms with Crippen molar-refractivity contribution in [1.82, 2.24) is 9.55 Å². The van der Waals surface area contributed by atoms with Crippen LogP contribution in [0.5, 0.6) is 0 Å². The molecule has 1 aromatic heterocycles. The van der Waals surface area contributed by atoms with Gasteiger partial charge in [-0.05, 0) is 24.1 Å². The fourth-order valence-electron chi connectivity index (χ4n) is 1.96. The summed E-state index contributed by atoms with van der Waals surface area (Å²) in [6, 6.07) is 2.70. The monoisotopic (exact) mass is 286 g/mol. The Morgan fingerprint density at radius 2 is 1.90 bits per heavy atom. The second-order valence-electron chi connectivity index (χ2n) is 5.00. The summed E-state index contributed by atoms with van der Waals surface area (Å²) in [5, 5.41) is -0.139. The number of halogens is 3. The second-order valence-corrected chi connectivity index (χ2v) is 5.00. The van der Waals surface area contributed by atoms with Crippen molar-refractivity contribution in [2.75, 3.05) is 0 Å². The first-order valence-corrected chi connectivity index (χ1v) is 6.04. The molecule has 0 bridgehead atoms. The van der Waals surface area contributed by atoms with E-state index in [9.17, 15) is 22.8 Å². The maximum atomic E-state index is 12.7. The molecule has 4 nitrogen and oxygen atoms in total. The Labute approximate surface area is 111 Å². The first-order valence-electron chi connectivity index (χ1n) is 6.04. The van der Waals surface area contributed by atoms with Gasteiger partial charge in [0, 0.05) is 6.54 Å². The minimum Gasteiger partial charge on any atom is -0.307 e. The highest BCUT2D eigenvalue weighted by Crippen LogP contribution is 2.30. The number of hydrogen-bond donors (Lipinski definition) is 1. The first-order chi connectivity index (χ1) is 9.20. The molecule has 20 heavy (non-hydrogen) atoms. The maximum absolute atomic E-state index is 12.7. The van der Waals surface area contributed by atoms with Gasteiger partial charge < -0.3 is 4.98 Å². The van der Waals surface area contributed by atoms with E-state index < -0.39 is 23.0 Å². The summed E-state index contributed by atoms with van der Waals surface area (Å²) in [6.07, 6.45) is -4.53. The number of benzene rings is 1. The highest BCUT2D eigenvalue weighted by atomic mass is 19.4. The maximum Gasteiger partial charge on any atom is 0.416 e. The van der Waals surface area contributed by atoms with Gasteiger partial charge in [-0.15, -0.1) is 0 Å². The smallest absolute Gasteiger partial charge is 0.307 e. The average Bonchev–Trinajstić information content (AvgIpc) is 2.32. The summed E-state index contributed by atoms with van der Waals surface area (Å²) >= 11 is 0. The van der Waals surface area contributed by atoms with E-state index in [1.165, 1.54) is 0 Å². The third-order valence-corrected chi connectivity index (χ3v) is 2.86. The van der Waals surface area contributed by atoms with Crippen molar-refractivity contribution in [2.45, 2.75) is 26.6 Å². The number of alkyl halides is 3. The van der Waals surface area contributed by atoms with Crippen molar-refractivity contribution in [2.24, 2.45) is 5.92 Å². The highest BCUT2D eigenvalue weighted by molar-refractivity contribution is 5.78. The summed E-state index contributed by atoms with van der Waals surface area (Å²) in [5.74, 6) is 0.0250.